The van der Waals surface area contributed by atoms with Crippen molar-refractivity contribution < 1.29 is 18.0 Å². The fraction of sp³-hybridized carbons (Fsp3) is 0.857. The van der Waals surface area contributed by atoms with Crippen LogP contribution in [0, 0.1) is 5.92 Å². The second-order valence-corrected chi connectivity index (χ2v) is 3.13. The summed E-state index contributed by atoms with van der Waals surface area (Å²) >= 11 is 0. The zero-order chi connectivity index (χ0) is 9.90. The van der Waals surface area contributed by atoms with Gasteiger partial charge in [0.25, 0.3) is 0 Å². The number of amides is 1. The van der Waals surface area contributed by atoms with E-state index in [-0.39, 0.29) is 0 Å². The molecule has 0 aromatic heterocycles. The molecule has 0 bridgehead atoms. The molecule has 0 aromatic carbocycles. The van der Waals surface area contributed by atoms with E-state index in [2.05, 4.69) is 5.43 Å². The molecule has 1 amide bonds. The molecule has 0 atom stereocenters. The molecule has 1 rings (SSSR count). The Bertz CT molecular complexity index is 189. The second-order valence-electron chi connectivity index (χ2n) is 3.13. The minimum Gasteiger partial charge on any atom is -0.284 e. The van der Waals surface area contributed by atoms with Gasteiger partial charge in [-0.15, -0.1) is 0 Å². The molecular formula is C7H11F3N2O. The van der Waals surface area contributed by atoms with E-state index in [4.69, 9.17) is 0 Å². The maximum Gasteiger partial charge on any atom is 0.472 e. The molecule has 1 fully saturated rings. The number of hydrazine groups is 1. The van der Waals surface area contributed by atoms with Gasteiger partial charge < -0.3 is 0 Å². The predicted molar refractivity (Wildman–Crippen MR) is 39.5 cm³/mol. The van der Waals surface area contributed by atoms with Gasteiger partial charge >= 0.3 is 12.1 Å². The van der Waals surface area contributed by atoms with E-state index < -0.39 is 12.1 Å². The highest BCUT2D eigenvalue weighted by molar-refractivity contribution is 5.81. The summed E-state index contributed by atoms with van der Waals surface area (Å²) in [4.78, 5) is 10.3. The molecule has 2 N–H and O–H groups in total. The van der Waals surface area contributed by atoms with Gasteiger partial charge in [0.1, 0.15) is 0 Å². The fourth-order valence-electron chi connectivity index (χ4n) is 1.04. The molecule has 0 spiro atoms. The molecule has 1 saturated carbocycles. The zero-order valence-corrected chi connectivity index (χ0v) is 6.95. The van der Waals surface area contributed by atoms with Gasteiger partial charge in [0, 0.05) is 6.54 Å². The van der Waals surface area contributed by atoms with Crippen LogP contribution in [0.15, 0.2) is 0 Å². The zero-order valence-electron chi connectivity index (χ0n) is 6.95. The van der Waals surface area contributed by atoms with Crippen LogP contribution in [0.2, 0.25) is 0 Å². The van der Waals surface area contributed by atoms with Gasteiger partial charge in [-0.05, 0) is 18.8 Å². The Morgan fingerprint density at radius 2 is 2.00 bits per heavy atom. The molecule has 6 heteroatoms. The summed E-state index contributed by atoms with van der Waals surface area (Å²) in [5.41, 5.74) is 3.88. The molecule has 0 heterocycles. The van der Waals surface area contributed by atoms with Crippen LogP contribution in [0.1, 0.15) is 19.3 Å². The Morgan fingerprint density at radius 3 is 2.38 bits per heavy atom. The first-order chi connectivity index (χ1) is 6.00. The van der Waals surface area contributed by atoms with Crippen molar-refractivity contribution in [1.29, 1.82) is 0 Å². The standard InChI is InChI=1S/C7H11F3N2O/c8-7(9,10)6(13)12-11-4-5-2-1-3-5/h5,11H,1-4H2,(H,12,13). The number of carbonyl (C=O) groups excluding carboxylic acids is 1. The quantitative estimate of drug-likeness (QED) is 0.660. The van der Waals surface area contributed by atoms with Crippen LogP contribution in [-0.2, 0) is 4.79 Å². The summed E-state index contributed by atoms with van der Waals surface area (Å²) in [5, 5.41) is 0. The van der Waals surface area contributed by atoms with Crippen LogP contribution in [0.4, 0.5) is 13.2 Å². The lowest BCUT2D eigenvalue weighted by Crippen LogP contribution is -2.47. The summed E-state index contributed by atoms with van der Waals surface area (Å²) < 4.78 is 34.9. The summed E-state index contributed by atoms with van der Waals surface area (Å²) in [7, 11) is 0. The van der Waals surface area contributed by atoms with E-state index in [1.807, 2.05) is 0 Å². The molecule has 0 radical (unpaired) electrons. The van der Waals surface area contributed by atoms with E-state index in [1.165, 1.54) is 0 Å². The summed E-state index contributed by atoms with van der Waals surface area (Å²) in [6, 6.07) is 0. The molecule has 1 aliphatic rings. The van der Waals surface area contributed by atoms with Crippen LogP contribution < -0.4 is 10.9 Å². The van der Waals surface area contributed by atoms with Crippen molar-refractivity contribution >= 4 is 5.91 Å². The topological polar surface area (TPSA) is 41.1 Å². The number of hydrogen-bond acceptors (Lipinski definition) is 2. The highest BCUT2D eigenvalue weighted by atomic mass is 19.4. The average molecular weight is 196 g/mol. The first kappa shape index (κ1) is 10.3. The van der Waals surface area contributed by atoms with Crippen molar-refractivity contribution in [3.63, 3.8) is 0 Å². The molecule has 76 valence electrons. The van der Waals surface area contributed by atoms with Crippen molar-refractivity contribution in [2.75, 3.05) is 6.54 Å². The first-order valence-corrected chi connectivity index (χ1v) is 4.10. The van der Waals surface area contributed by atoms with Crippen molar-refractivity contribution in [1.82, 2.24) is 10.9 Å². The lowest BCUT2D eigenvalue weighted by atomic mass is 9.86. The van der Waals surface area contributed by atoms with E-state index >= 15 is 0 Å². The van der Waals surface area contributed by atoms with Gasteiger partial charge in [-0.3, -0.25) is 10.2 Å². The molecule has 0 aliphatic heterocycles. The Balaban J connectivity index is 2.08. The summed E-state index contributed by atoms with van der Waals surface area (Å²) in [5.74, 6) is -1.53. The lowest BCUT2D eigenvalue weighted by molar-refractivity contribution is -0.174. The molecule has 0 aromatic rings. The van der Waals surface area contributed by atoms with Gasteiger partial charge in [-0.2, -0.15) is 13.2 Å². The molecule has 3 nitrogen and oxygen atoms in total. The largest absolute Gasteiger partial charge is 0.472 e. The van der Waals surface area contributed by atoms with E-state index in [0.717, 1.165) is 19.3 Å². The maximum absolute atomic E-state index is 11.6. The van der Waals surface area contributed by atoms with Crippen LogP contribution in [0.3, 0.4) is 0 Å². The number of nitrogens with one attached hydrogen (secondary N) is 2. The highest BCUT2D eigenvalue weighted by Gasteiger charge is 2.38. The third kappa shape index (κ3) is 3.22. The van der Waals surface area contributed by atoms with Gasteiger partial charge in [-0.25, -0.2) is 5.43 Å². The number of halogens is 3. The number of alkyl halides is 3. The van der Waals surface area contributed by atoms with Gasteiger partial charge in [0.05, 0.1) is 0 Å². The fourth-order valence-corrected chi connectivity index (χ4v) is 1.04. The predicted octanol–water partition coefficient (Wildman–Crippen LogP) is 0.970. The minimum atomic E-state index is -4.80. The van der Waals surface area contributed by atoms with Crippen molar-refractivity contribution in [3.05, 3.63) is 0 Å². The van der Waals surface area contributed by atoms with Crippen LogP contribution in [-0.4, -0.2) is 18.6 Å². The number of rotatable bonds is 3. The first-order valence-electron chi connectivity index (χ1n) is 4.10. The van der Waals surface area contributed by atoms with Crippen molar-refractivity contribution in [2.24, 2.45) is 5.92 Å². The monoisotopic (exact) mass is 196 g/mol. The van der Waals surface area contributed by atoms with Crippen LogP contribution in [0.5, 0.6) is 0 Å². The maximum atomic E-state index is 11.6. The van der Waals surface area contributed by atoms with E-state index in [1.54, 1.807) is 5.43 Å². The molecule has 1 aliphatic carbocycles. The molecule has 13 heavy (non-hydrogen) atoms. The second kappa shape index (κ2) is 3.95. The normalized spacial score (nSPS) is 18.1. The van der Waals surface area contributed by atoms with Crippen molar-refractivity contribution in [3.8, 4) is 0 Å². The average Bonchev–Trinajstić information content (AvgIpc) is 1.91. The highest BCUT2D eigenvalue weighted by Crippen LogP contribution is 2.24. The third-order valence-electron chi connectivity index (χ3n) is 2.07. The third-order valence-corrected chi connectivity index (χ3v) is 2.07. The van der Waals surface area contributed by atoms with Gasteiger partial charge in [0.2, 0.25) is 0 Å². The van der Waals surface area contributed by atoms with Crippen molar-refractivity contribution in [2.45, 2.75) is 25.4 Å². The Kier molecular flexibility index (Phi) is 3.13. The molecular weight excluding hydrogens is 185 g/mol. The summed E-state index contributed by atoms with van der Waals surface area (Å²) in [6.07, 6.45) is -1.63. The van der Waals surface area contributed by atoms with E-state index in [9.17, 15) is 18.0 Å². The van der Waals surface area contributed by atoms with E-state index in [0.29, 0.717) is 12.5 Å². The number of carbonyl (C=O) groups is 1. The Morgan fingerprint density at radius 1 is 1.38 bits per heavy atom. The Labute approximate surface area is 73.7 Å². The summed E-state index contributed by atoms with van der Waals surface area (Å²) in [6.45, 7) is 0.418. The van der Waals surface area contributed by atoms with Crippen LogP contribution in [0.25, 0.3) is 0 Å². The SMILES string of the molecule is O=C(NNCC1CCC1)C(F)(F)F. The van der Waals surface area contributed by atoms with Gasteiger partial charge in [-0.1, -0.05) is 6.42 Å². The molecule has 0 saturated heterocycles. The van der Waals surface area contributed by atoms with Gasteiger partial charge in [0.15, 0.2) is 0 Å². The Hall–Kier alpha value is -0.780. The van der Waals surface area contributed by atoms with Crippen LogP contribution >= 0.6 is 0 Å². The lowest BCUT2D eigenvalue weighted by Gasteiger charge is -2.25. The molecule has 0 unspecified atom stereocenters. The minimum absolute atomic E-state index is 0.411. The smallest absolute Gasteiger partial charge is 0.284 e. The number of hydrogen-bond donors (Lipinski definition) is 2.